The van der Waals surface area contributed by atoms with Gasteiger partial charge in [-0.25, -0.2) is 4.98 Å². The van der Waals surface area contributed by atoms with Crippen molar-refractivity contribution in [2.75, 3.05) is 0 Å². The lowest BCUT2D eigenvalue weighted by Crippen LogP contribution is -1.98. The van der Waals surface area contributed by atoms with Crippen LogP contribution in [-0.4, -0.2) is 19.5 Å². The summed E-state index contributed by atoms with van der Waals surface area (Å²) in [6.45, 7) is 0.987. The van der Waals surface area contributed by atoms with Crippen LogP contribution in [0.15, 0.2) is 79.0 Å². The van der Waals surface area contributed by atoms with Crippen molar-refractivity contribution in [1.29, 1.82) is 0 Å². The summed E-state index contributed by atoms with van der Waals surface area (Å²) in [5, 5.41) is 12.0. The monoisotopic (exact) mass is 398 g/mol. The van der Waals surface area contributed by atoms with E-state index >= 15 is 0 Å². The minimum absolute atomic E-state index is 0.0302. The van der Waals surface area contributed by atoms with Crippen LogP contribution in [0.4, 0.5) is 5.69 Å². The number of non-ortho nitro benzene ring substituents is 1. The van der Waals surface area contributed by atoms with Crippen molar-refractivity contribution in [2.45, 2.75) is 13.2 Å². The Morgan fingerprint density at radius 3 is 2.67 bits per heavy atom. The lowest BCUT2D eigenvalue weighted by molar-refractivity contribution is -0.384. The number of nitro groups is 1. The summed E-state index contributed by atoms with van der Waals surface area (Å²) in [6.07, 6.45) is 2.01. The van der Waals surface area contributed by atoms with Crippen molar-refractivity contribution in [3.05, 3.63) is 100 Å². The molecule has 0 unspecified atom stereocenters. The summed E-state index contributed by atoms with van der Waals surface area (Å²) >= 11 is 0. The van der Waals surface area contributed by atoms with E-state index in [2.05, 4.69) is 32.7 Å². The molecule has 1 N–H and O–H groups in total. The average Bonchev–Trinajstić information content (AvgIpc) is 3.33. The molecule has 0 aliphatic carbocycles. The van der Waals surface area contributed by atoms with Gasteiger partial charge in [0.25, 0.3) is 5.69 Å². The number of aromatic amines is 1. The Morgan fingerprint density at radius 1 is 1.03 bits per heavy atom. The van der Waals surface area contributed by atoms with E-state index in [9.17, 15) is 10.1 Å². The number of imidazole rings is 1. The lowest BCUT2D eigenvalue weighted by atomic mass is 10.2. The molecule has 7 nitrogen and oxygen atoms in total. The van der Waals surface area contributed by atoms with E-state index in [0.717, 1.165) is 23.2 Å². The van der Waals surface area contributed by atoms with Crippen LogP contribution in [0.1, 0.15) is 11.4 Å². The summed E-state index contributed by atoms with van der Waals surface area (Å²) in [5.41, 5.74) is 3.63. The lowest BCUT2D eigenvalue weighted by Gasteiger charge is -2.04. The van der Waals surface area contributed by atoms with Crippen molar-refractivity contribution in [1.82, 2.24) is 14.5 Å². The number of ether oxygens (including phenoxy) is 1. The quantitative estimate of drug-likeness (QED) is 0.320. The van der Waals surface area contributed by atoms with E-state index in [4.69, 9.17) is 4.74 Å². The maximum atomic E-state index is 11.0. The molecule has 0 aliphatic heterocycles. The number of nitrogens with zero attached hydrogens (tertiary/aromatic N) is 3. The third kappa shape index (κ3) is 3.37. The highest BCUT2D eigenvalue weighted by atomic mass is 16.6. The maximum Gasteiger partial charge on any atom is 0.271 e. The third-order valence-electron chi connectivity index (χ3n) is 5.04. The van der Waals surface area contributed by atoms with Crippen molar-refractivity contribution in [2.24, 2.45) is 0 Å². The zero-order valence-corrected chi connectivity index (χ0v) is 16.0. The van der Waals surface area contributed by atoms with Gasteiger partial charge in [-0.05, 0) is 23.8 Å². The Hall–Kier alpha value is -4.13. The van der Waals surface area contributed by atoms with Gasteiger partial charge in [-0.15, -0.1) is 0 Å². The molecule has 0 radical (unpaired) electrons. The molecule has 0 fully saturated rings. The molecule has 0 bridgehead atoms. The number of nitro benzene ring substituents is 1. The number of rotatable bonds is 6. The standard InChI is InChI=1S/C23H18N4O3/c28-27(29)17-10-11-19-20(12-17)25-23(24-19)15-30-22-14-26(13-16-6-2-1-3-7-16)21-9-5-4-8-18(21)22/h1-12,14H,13,15H2,(H,24,25). The topological polar surface area (TPSA) is 86.0 Å². The van der Waals surface area contributed by atoms with Crippen LogP contribution >= 0.6 is 0 Å². The molecule has 0 saturated carbocycles. The molecule has 0 atom stereocenters. The van der Waals surface area contributed by atoms with Gasteiger partial charge in [-0.2, -0.15) is 0 Å². The first-order valence-corrected chi connectivity index (χ1v) is 9.55. The van der Waals surface area contributed by atoms with Crippen LogP contribution < -0.4 is 4.74 Å². The van der Waals surface area contributed by atoms with Crippen LogP contribution in [0.2, 0.25) is 0 Å². The highest BCUT2D eigenvalue weighted by Gasteiger charge is 2.13. The molecule has 5 rings (SSSR count). The number of nitrogens with one attached hydrogen (secondary N) is 1. The Balaban J connectivity index is 1.41. The molecule has 0 spiro atoms. The molecule has 0 aliphatic rings. The van der Waals surface area contributed by atoms with Crippen molar-refractivity contribution in [3.63, 3.8) is 0 Å². The molecular formula is C23H18N4O3. The number of aromatic nitrogens is 3. The second-order valence-corrected chi connectivity index (χ2v) is 7.05. The Morgan fingerprint density at radius 2 is 1.83 bits per heavy atom. The van der Waals surface area contributed by atoms with Gasteiger partial charge in [0.2, 0.25) is 0 Å². The normalized spacial score (nSPS) is 11.2. The summed E-state index contributed by atoms with van der Waals surface area (Å²) < 4.78 is 8.25. The second kappa shape index (κ2) is 7.36. The van der Waals surface area contributed by atoms with Gasteiger partial charge in [0.05, 0.1) is 21.5 Å². The molecule has 0 amide bonds. The first kappa shape index (κ1) is 17.9. The van der Waals surface area contributed by atoms with Gasteiger partial charge in [-0.3, -0.25) is 10.1 Å². The van der Waals surface area contributed by atoms with Crippen molar-refractivity contribution < 1.29 is 9.66 Å². The molecule has 2 aromatic heterocycles. The molecule has 2 heterocycles. The first-order chi connectivity index (χ1) is 14.7. The van der Waals surface area contributed by atoms with Gasteiger partial charge >= 0.3 is 0 Å². The van der Waals surface area contributed by atoms with Crippen molar-refractivity contribution >= 4 is 27.6 Å². The predicted octanol–water partition coefficient (Wildman–Crippen LogP) is 5.05. The molecule has 5 aromatic rings. The van der Waals surface area contributed by atoms with E-state index in [0.29, 0.717) is 16.9 Å². The van der Waals surface area contributed by atoms with E-state index < -0.39 is 4.92 Å². The Bertz CT molecular complexity index is 1360. The number of hydrogen-bond donors (Lipinski definition) is 1. The highest BCUT2D eigenvalue weighted by Crippen LogP contribution is 2.29. The smallest absolute Gasteiger partial charge is 0.271 e. The minimum Gasteiger partial charge on any atom is -0.483 e. The summed E-state index contributed by atoms with van der Waals surface area (Å²) in [5.74, 6) is 1.39. The largest absolute Gasteiger partial charge is 0.483 e. The summed E-state index contributed by atoms with van der Waals surface area (Å²) in [4.78, 5) is 18.1. The van der Waals surface area contributed by atoms with E-state index in [1.54, 1.807) is 6.07 Å². The van der Waals surface area contributed by atoms with E-state index in [-0.39, 0.29) is 12.3 Å². The number of benzene rings is 3. The second-order valence-electron chi connectivity index (χ2n) is 7.05. The molecule has 3 aromatic carbocycles. The first-order valence-electron chi connectivity index (χ1n) is 9.55. The molecule has 7 heteroatoms. The fraction of sp³-hybridized carbons (Fsp3) is 0.0870. The number of para-hydroxylation sites is 1. The SMILES string of the molecule is O=[N+]([O-])c1ccc2nc(COc3cn(Cc4ccccc4)c4ccccc34)[nH]c2c1. The van der Waals surface area contributed by atoms with Crippen molar-refractivity contribution in [3.8, 4) is 5.75 Å². The molecular weight excluding hydrogens is 380 g/mol. The number of fused-ring (bicyclic) bond motifs is 2. The van der Waals surface area contributed by atoms with E-state index in [1.165, 1.54) is 17.7 Å². The maximum absolute atomic E-state index is 11.0. The van der Waals surface area contributed by atoms with Gasteiger partial charge in [0.15, 0.2) is 0 Å². The fourth-order valence-electron chi connectivity index (χ4n) is 3.62. The number of H-pyrrole nitrogens is 1. The van der Waals surface area contributed by atoms with Crippen LogP contribution in [0.5, 0.6) is 5.75 Å². The molecule has 0 saturated heterocycles. The van der Waals surface area contributed by atoms with Gasteiger partial charge in [0.1, 0.15) is 18.2 Å². The fourth-order valence-corrected chi connectivity index (χ4v) is 3.62. The zero-order chi connectivity index (χ0) is 20.5. The third-order valence-corrected chi connectivity index (χ3v) is 5.04. The van der Waals surface area contributed by atoms with E-state index in [1.807, 2.05) is 42.6 Å². The van der Waals surface area contributed by atoms with Gasteiger partial charge < -0.3 is 14.3 Å². The van der Waals surface area contributed by atoms with Crippen LogP contribution in [0.3, 0.4) is 0 Å². The Labute approximate surface area is 171 Å². The summed E-state index contributed by atoms with van der Waals surface area (Å²) in [7, 11) is 0. The van der Waals surface area contributed by atoms with Crippen LogP contribution in [0.25, 0.3) is 21.9 Å². The molecule has 148 valence electrons. The van der Waals surface area contributed by atoms with Gasteiger partial charge in [-0.1, -0.05) is 42.5 Å². The highest BCUT2D eigenvalue weighted by molar-refractivity contribution is 5.87. The zero-order valence-electron chi connectivity index (χ0n) is 16.0. The minimum atomic E-state index is -0.419. The number of hydrogen-bond acceptors (Lipinski definition) is 4. The summed E-state index contributed by atoms with van der Waals surface area (Å²) in [6, 6.07) is 23.0. The average molecular weight is 398 g/mol. The molecule has 30 heavy (non-hydrogen) atoms. The van der Waals surface area contributed by atoms with Crippen LogP contribution in [0, 0.1) is 10.1 Å². The van der Waals surface area contributed by atoms with Gasteiger partial charge in [0, 0.05) is 30.3 Å². The predicted molar refractivity (Wildman–Crippen MR) is 115 cm³/mol. The van der Waals surface area contributed by atoms with Crippen LogP contribution in [-0.2, 0) is 13.2 Å². The Kier molecular flexibility index (Phi) is 4.40.